The SMILES string of the molecule is S=c1[nH]nc(-c2ccncc2)n1NCc1cccc(Oc2nnnn2-c2ccccc2)c1. The summed E-state index contributed by atoms with van der Waals surface area (Å²) in [5, 5.41) is 18.9. The lowest BCUT2D eigenvalue weighted by Gasteiger charge is -2.11. The number of ether oxygens (including phenoxy) is 1. The highest BCUT2D eigenvalue weighted by Gasteiger charge is 2.12. The molecule has 5 aromatic rings. The summed E-state index contributed by atoms with van der Waals surface area (Å²) in [7, 11) is 0. The molecule has 0 amide bonds. The minimum atomic E-state index is 0.276. The van der Waals surface area contributed by atoms with E-state index in [0.29, 0.717) is 22.9 Å². The average Bonchev–Trinajstić information content (AvgIpc) is 3.45. The molecule has 0 saturated carbocycles. The van der Waals surface area contributed by atoms with Gasteiger partial charge in [0, 0.05) is 18.0 Å². The Morgan fingerprint density at radius 2 is 1.84 bits per heavy atom. The standard InChI is InChI=1S/C21H17N9OS/c32-21-26-24-19(16-9-11-22-12-10-16)30(21)23-14-15-5-4-8-18(13-15)31-20-25-27-28-29(20)17-6-2-1-3-7-17/h1-13,23H,14H2,(H,26,32). The molecule has 0 unspecified atom stereocenters. The summed E-state index contributed by atoms with van der Waals surface area (Å²) in [5.74, 6) is 1.29. The Morgan fingerprint density at radius 1 is 1.00 bits per heavy atom. The third-order valence-corrected chi connectivity index (χ3v) is 4.88. The quantitative estimate of drug-likeness (QED) is 0.368. The first kappa shape index (κ1) is 19.6. The van der Waals surface area contributed by atoms with Crippen molar-refractivity contribution in [2.75, 3.05) is 5.43 Å². The summed E-state index contributed by atoms with van der Waals surface area (Å²) >= 11 is 5.37. The number of rotatable bonds is 7. The predicted molar refractivity (Wildman–Crippen MR) is 119 cm³/mol. The number of tetrazole rings is 1. The van der Waals surface area contributed by atoms with Crippen LogP contribution >= 0.6 is 12.2 Å². The fraction of sp³-hybridized carbons (Fsp3) is 0.0476. The zero-order chi connectivity index (χ0) is 21.8. The largest absolute Gasteiger partial charge is 0.423 e. The highest BCUT2D eigenvalue weighted by Crippen LogP contribution is 2.22. The molecule has 32 heavy (non-hydrogen) atoms. The van der Waals surface area contributed by atoms with Crippen molar-refractivity contribution in [1.82, 2.24) is 40.1 Å². The highest BCUT2D eigenvalue weighted by molar-refractivity contribution is 7.71. The van der Waals surface area contributed by atoms with E-state index >= 15 is 0 Å². The number of hydrogen-bond donors (Lipinski definition) is 2. The first-order valence-electron chi connectivity index (χ1n) is 9.70. The van der Waals surface area contributed by atoms with E-state index in [0.717, 1.165) is 16.8 Å². The molecule has 0 saturated heterocycles. The van der Waals surface area contributed by atoms with Crippen molar-refractivity contribution in [3.05, 3.63) is 89.5 Å². The Labute approximate surface area is 187 Å². The van der Waals surface area contributed by atoms with E-state index in [9.17, 15) is 0 Å². The fourth-order valence-corrected chi connectivity index (χ4v) is 3.30. The highest BCUT2D eigenvalue weighted by atomic mass is 32.1. The van der Waals surface area contributed by atoms with Crippen molar-refractivity contribution in [3.8, 4) is 28.8 Å². The first-order valence-corrected chi connectivity index (χ1v) is 10.1. The number of aromatic amines is 1. The number of nitrogens with one attached hydrogen (secondary N) is 2. The van der Waals surface area contributed by atoms with Crippen LogP contribution in [0, 0.1) is 4.77 Å². The molecule has 158 valence electrons. The topological polar surface area (TPSA) is 111 Å². The minimum Gasteiger partial charge on any atom is -0.423 e. The van der Waals surface area contributed by atoms with Gasteiger partial charge in [-0.2, -0.15) is 9.78 Å². The molecule has 5 rings (SSSR count). The van der Waals surface area contributed by atoms with Crippen LogP contribution in [0.5, 0.6) is 11.8 Å². The van der Waals surface area contributed by atoms with Gasteiger partial charge in [0.15, 0.2) is 5.82 Å². The molecule has 3 aromatic heterocycles. The van der Waals surface area contributed by atoms with Crippen LogP contribution in [0.3, 0.4) is 0 Å². The number of hydrogen-bond acceptors (Lipinski definition) is 8. The molecule has 0 radical (unpaired) electrons. The van der Waals surface area contributed by atoms with E-state index in [-0.39, 0.29) is 6.01 Å². The molecule has 10 nitrogen and oxygen atoms in total. The minimum absolute atomic E-state index is 0.276. The summed E-state index contributed by atoms with van der Waals surface area (Å²) in [6.07, 6.45) is 3.42. The molecule has 0 aliphatic rings. The Morgan fingerprint density at radius 3 is 2.69 bits per heavy atom. The Bertz CT molecular complexity index is 1380. The van der Waals surface area contributed by atoms with E-state index in [1.165, 1.54) is 4.68 Å². The second-order valence-electron chi connectivity index (χ2n) is 6.72. The van der Waals surface area contributed by atoms with Crippen LogP contribution in [0.1, 0.15) is 5.56 Å². The molecular weight excluding hydrogens is 426 g/mol. The number of nitrogens with zero attached hydrogens (tertiary/aromatic N) is 7. The lowest BCUT2D eigenvalue weighted by atomic mass is 10.2. The predicted octanol–water partition coefficient (Wildman–Crippen LogP) is 3.51. The number of H-pyrrole nitrogens is 1. The molecule has 0 atom stereocenters. The summed E-state index contributed by atoms with van der Waals surface area (Å²) in [4.78, 5) is 4.04. The maximum Gasteiger partial charge on any atom is 0.345 e. The molecule has 0 aliphatic carbocycles. The van der Waals surface area contributed by atoms with Crippen molar-refractivity contribution in [3.63, 3.8) is 0 Å². The van der Waals surface area contributed by atoms with Crippen LogP contribution in [0.2, 0.25) is 0 Å². The normalized spacial score (nSPS) is 10.8. The van der Waals surface area contributed by atoms with Gasteiger partial charge < -0.3 is 10.2 Å². The zero-order valence-electron chi connectivity index (χ0n) is 16.7. The van der Waals surface area contributed by atoms with E-state index in [2.05, 4.69) is 36.1 Å². The maximum atomic E-state index is 5.94. The maximum absolute atomic E-state index is 5.94. The lowest BCUT2D eigenvalue weighted by Crippen LogP contribution is -2.16. The van der Waals surface area contributed by atoms with Gasteiger partial charge in [-0.15, -0.1) is 0 Å². The number of pyridine rings is 1. The van der Waals surface area contributed by atoms with Crippen LogP contribution in [0.15, 0.2) is 79.1 Å². The smallest absolute Gasteiger partial charge is 0.345 e. The van der Waals surface area contributed by atoms with E-state index < -0.39 is 0 Å². The van der Waals surface area contributed by atoms with Crippen LogP contribution in [0.4, 0.5) is 0 Å². The Kier molecular flexibility index (Phi) is 5.37. The molecule has 11 heteroatoms. The third-order valence-electron chi connectivity index (χ3n) is 4.60. The van der Waals surface area contributed by atoms with Crippen LogP contribution in [-0.2, 0) is 6.54 Å². The molecule has 0 aliphatic heterocycles. The number of para-hydroxylation sites is 1. The summed E-state index contributed by atoms with van der Waals surface area (Å²) in [6.45, 7) is 0.493. The monoisotopic (exact) mass is 443 g/mol. The molecule has 0 fully saturated rings. The number of aromatic nitrogens is 8. The first-order chi connectivity index (χ1) is 15.8. The molecular formula is C21H17N9OS. The second-order valence-corrected chi connectivity index (χ2v) is 7.10. The average molecular weight is 443 g/mol. The van der Waals surface area contributed by atoms with Crippen LogP contribution in [0.25, 0.3) is 17.1 Å². The molecule has 2 N–H and O–H groups in total. The molecule has 0 bridgehead atoms. The van der Waals surface area contributed by atoms with Crippen LogP contribution in [-0.4, -0.2) is 40.1 Å². The Hall–Kier alpha value is -4.38. The van der Waals surface area contributed by atoms with Gasteiger partial charge in [0.2, 0.25) is 4.77 Å². The molecule has 0 spiro atoms. The summed E-state index contributed by atoms with van der Waals surface area (Å²) < 4.78 is 9.68. The third kappa shape index (κ3) is 4.09. The summed E-state index contributed by atoms with van der Waals surface area (Å²) in [5.41, 5.74) is 5.98. The van der Waals surface area contributed by atoms with Crippen molar-refractivity contribution in [1.29, 1.82) is 0 Å². The van der Waals surface area contributed by atoms with Gasteiger partial charge in [-0.05, 0) is 64.6 Å². The fourth-order valence-electron chi connectivity index (χ4n) is 3.11. The second kappa shape index (κ2) is 8.78. The molecule has 2 aromatic carbocycles. The van der Waals surface area contributed by atoms with Crippen molar-refractivity contribution < 1.29 is 4.74 Å². The van der Waals surface area contributed by atoms with Crippen molar-refractivity contribution in [2.45, 2.75) is 6.54 Å². The zero-order valence-corrected chi connectivity index (χ0v) is 17.5. The van der Waals surface area contributed by atoms with Gasteiger partial charge in [-0.3, -0.25) is 4.98 Å². The van der Waals surface area contributed by atoms with Crippen molar-refractivity contribution >= 4 is 12.2 Å². The molecule has 3 heterocycles. The number of benzene rings is 2. The van der Waals surface area contributed by atoms with Gasteiger partial charge in [-0.25, -0.2) is 9.77 Å². The van der Waals surface area contributed by atoms with Crippen molar-refractivity contribution in [2.24, 2.45) is 0 Å². The Balaban J connectivity index is 1.33. The van der Waals surface area contributed by atoms with E-state index in [1.807, 2.05) is 66.7 Å². The van der Waals surface area contributed by atoms with E-state index in [1.54, 1.807) is 17.1 Å². The van der Waals surface area contributed by atoms with Gasteiger partial charge in [0.05, 0.1) is 12.2 Å². The van der Waals surface area contributed by atoms with Gasteiger partial charge in [0.1, 0.15) is 5.75 Å². The van der Waals surface area contributed by atoms with Gasteiger partial charge in [0.25, 0.3) is 0 Å². The van der Waals surface area contributed by atoms with Gasteiger partial charge in [-0.1, -0.05) is 35.4 Å². The summed E-state index contributed by atoms with van der Waals surface area (Å²) in [6, 6.07) is 21.2. The van der Waals surface area contributed by atoms with Crippen LogP contribution < -0.4 is 10.2 Å². The van der Waals surface area contributed by atoms with Gasteiger partial charge >= 0.3 is 6.01 Å². The lowest BCUT2D eigenvalue weighted by molar-refractivity contribution is 0.427. The van der Waals surface area contributed by atoms with E-state index in [4.69, 9.17) is 17.0 Å².